The molecule has 0 spiro atoms. The van der Waals surface area contributed by atoms with Gasteiger partial charge in [-0.05, 0) is 36.8 Å². The summed E-state index contributed by atoms with van der Waals surface area (Å²) in [7, 11) is 0. The molecule has 1 nitrogen and oxygen atoms in total. The minimum Gasteiger partial charge on any atom is -0.392 e. The third-order valence-corrected chi connectivity index (χ3v) is 3.76. The lowest BCUT2D eigenvalue weighted by molar-refractivity contribution is -0.138. The summed E-state index contributed by atoms with van der Waals surface area (Å²) in [6, 6.07) is 11.6. The quantitative estimate of drug-likeness (QED) is 0.889. The van der Waals surface area contributed by atoms with Crippen LogP contribution in [0.1, 0.15) is 16.7 Å². The second kappa shape index (κ2) is 5.89. The smallest absolute Gasteiger partial charge is 0.392 e. The monoisotopic (exact) mass is 298 g/mol. The Morgan fingerprint density at radius 2 is 1.75 bits per heavy atom. The van der Waals surface area contributed by atoms with Gasteiger partial charge in [0, 0.05) is 9.79 Å². The zero-order valence-electron chi connectivity index (χ0n) is 10.7. The van der Waals surface area contributed by atoms with E-state index < -0.39 is 18.3 Å². The topological polar surface area (TPSA) is 20.2 Å². The Morgan fingerprint density at radius 3 is 2.35 bits per heavy atom. The summed E-state index contributed by atoms with van der Waals surface area (Å²) in [6.07, 6.45) is -4.46. The fourth-order valence-corrected chi connectivity index (χ4v) is 2.81. The number of halogens is 3. The first-order chi connectivity index (χ1) is 9.40. The van der Waals surface area contributed by atoms with Gasteiger partial charge < -0.3 is 5.11 Å². The molecule has 0 aliphatic heterocycles. The molecule has 1 N–H and O–H groups in total. The Kier molecular flexibility index (Phi) is 4.40. The minimum atomic E-state index is -4.46. The first-order valence-electron chi connectivity index (χ1n) is 5.95. The molecule has 5 heteroatoms. The number of aryl methyl sites for hydroxylation is 1. The second-order valence-electron chi connectivity index (χ2n) is 4.39. The van der Waals surface area contributed by atoms with Crippen LogP contribution in [0.5, 0.6) is 0 Å². The first-order valence-corrected chi connectivity index (χ1v) is 6.77. The van der Waals surface area contributed by atoms with E-state index in [1.54, 1.807) is 6.07 Å². The predicted octanol–water partition coefficient (Wildman–Crippen LogP) is 4.66. The molecule has 0 amide bonds. The van der Waals surface area contributed by atoms with Crippen LogP contribution in [-0.4, -0.2) is 5.11 Å². The van der Waals surface area contributed by atoms with Gasteiger partial charge in [0.1, 0.15) is 0 Å². The highest BCUT2D eigenvalue weighted by Crippen LogP contribution is 2.36. The largest absolute Gasteiger partial charge is 0.416 e. The average molecular weight is 298 g/mol. The maximum atomic E-state index is 12.9. The molecule has 0 unspecified atom stereocenters. The van der Waals surface area contributed by atoms with Crippen molar-refractivity contribution in [3.05, 3.63) is 59.2 Å². The lowest BCUT2D eigenvalue weighted by Crippen LogP contribution is -2.09. The van der Waals surface area contributed by atoms with Crippen molar-refractivity contribution < 1.29 is 18.3 Å². The Bertz CT molecular complexity index is 608. The molecule has 0 aliphatic carbocycles. The van der Waals surface area contributed by atoms with Gasteiger partial charge >= 0.3 is 6.18 Å². The van der Waals surface area contributed by atoms with Crippen LogP contribution < -0.4 is 0 Å². The summed E-state index contributed by atoms with van der Waals surface area (Å²) in [5.74, 6) is 0. The van der Waals surface area contributed by atoms with Crippen molar-refractivity contribution >= 4 is 11.8 Å². The Hall–Kier alpha value is -1.46. The SMILES string of the molecule is Cc1cccc(Sc2ccc(CO)c(C(F)(F)F)c2)c1. The zero-order valence-corrected chi connectivity index (χ0v) is 11.6. The average Bonchev–Trinajstić information content (AvgIpc) is 2.37. The van der Waals surface area contributed by atoms with E-state index in [2.05, 4.69) is 0 Å². The Morgan fingerprint density at radius 1 is 1.05 bits per heavy atom. The van der Waals surface area contributed by atoms with Crippen molar-refractivity contribution in [2.24, 2.45) is 0 Å². The van der Waals surface area contributed by atoms with Crippen LogP contribution in [0, 0.1) is 6.92 Å². The number of aliphatic hydroxyl groups is 1. The van der Waals surface area contributed by atoms with Gasteiger partial charge in [-0.1, -0.05) is 35.5 Å². The van der Waals surface area contributed by atoms with Crippen LogP contribution >= 0.6 is 11.8 Å². The number of rotatable bonds is 3. The van der Waals surface area contributed by atoms with E-state index in [0.29, 0.717) is 4.90 Å². The van der Waals surface area contributed by atoms with Crippen molar-refractivity contribution in [3.63, 3.8) is 0 Å². The van der Waals surface area contributed by atoms with E-state index in [-0.39, 0.29) is 5.56 Å². The molecule has 0 heterocycles. The fourth-order valence-electron chi connectivity index (χ4n) is 1.84. The third-order valence-electron chi connectivity index (χ3n) is 2.78. The predicted molar refractivity (Wildman–Crippen MR) is 72.7 cm³/mol. The maximum absolute atomic E-state index is 12.9. The van der Waals surface area contributed by atoms with Crippen molar-refractivity contribution in [3.8, 4) is 0 Å². The molecule has 106 valence electrons. The highest BCUT2D eigenvalue weighted by atomic mass is 32.2. The van der Waals surface area contributed by atoms with Crippen molar-refractivity contribution in [1.82, 2.24) is 0 Å². The van der Waals surface area contributed by atoms with Gasteiger partial charge in [-0.2, -0.15) is 13.2 Å². The molecule has 0 aliphatic rings. The molecule has 0 radical (unpaired) electrons. The summed E-state index contributed by atoms with van der Waals surface area (Å²) < 4.78 is 38.7. The molecule has 0 bridgehead atoms. The van der Waals surface area contributed by atoms with Crippen LogP contribution in [0.2, 0.25) is 0 Å². The summed E-state index contributed by atoms with van der Waals surface area (Å²) in [5, 5.41) is 8.99. The van der Waals surface area contributed by atoms with Crippen LogP contribution in [-0.2, 0) is 12.8 Å². The number of hydrogen-bond acceptors (Lipinski definition) is 2. The van der Waals surface area contributed by atoms with Crippen molar-refractivity contribution in [1.29, 1.82) is 0 Å². The molecular formula is C15H13F3OS. The van der Waals surface area contributed by atoms with E-state index in [1.807, 2.05) is 31.2 Å². The van der Waals surface area contributed by atoms with Gasteiger partial charge in [0.25, 0.3) is 0 Å². The molecule has 0 saturated carbocycles. The second-order valence-corrected chi connectivity index (χ2v) is 5.54. The molecule has 0 atom stereocenters. The van der Waals surface area contributed by atoms with Crippen LogP contribution in [0.3, 0.4) is 0 Å². The van der Waals surface area contributed by atoms with Gasteiger partial charge in [0.15, 0.2) is 0 Å². The van der Waals surface area contributed by atoms with E-state index in [0.717, 1.165) is 16.5 Å². The maximum Gasteiger partial charge on any atom is 0.416 e. The third kappa shape index (κ3) is 3.55. The number of hydrogen-bond donors (Lipinski definition) is 1. The molecule has 2 aromatic rings. The van der Waals surface area contributed by atoms with Crippen molar-refractivity contribution in [2.45, 2.75) is 29.5 Å². The van der Waals surface area contributed by atoms with Gasteiger partial charge in [0.05, 0.1) is 12.2 Å². The number of alkyl halides is 3. The summed E-state index contributed by atoms with van der Waals surface area (Å²) in [6.45, 7) is 1.31. The first kappa shape index (κ1) is 14.9. The Labute approximate surface area is 119 Å². The van der Waals surface area contributed by atoms with E-state index >= 15 is 0 Å². The van der Waals surface area contributed by atoms with E-state index in [1.165, 1.54) is 17.8 Å². The van der Waals surface area contributed by atoms with Crippen LogP contribution in [0.15, 0.2) is 52.3 Å². The lowest BCUT2D eigenvalue weighted by atomic mass is 10.1. The van der Waals surface area contributed by atoms with Crippen LogP contribution in [0.4, 0.5) is 13.2 Å². The summed E-state index contributed by atoms with van der Waals surface area (Å²) in [5.41, 5.74) is 0.168. The molecule has 0 saturated heterocycles. The summed E-state index contributed by atoms with van der Waals surface area (Å²) in [4.78, 5) is 1.38. The van der Waals surface area contributed by atoms with E-state index in [4.69, 9.17) is 5.11 Å². The standard InChI is InChI=1S/C15H13F3OS/c1-10-3-2-4-12(7-10)20-13-6-5-11(9-19)14(8-13)15(16,17)18/h2-8,19H,9H2,1H3. The highest BCUT2D eigenvalue weighted by Gasteiger charge is 2.33. The van der Waals surface area contributed by atoms with Crippen LogP contribution in [0.25, 0.3) is 0 Å². The normalized spacial score (nSPS) is 11.7. The van der Waals surface area contributed by atoms with Crippen molar-refractivity contribution in [2.75, 3.05) is 0 Å². The molecule has 20 heavy (non-hydrogen) atoms. The highest BCUT2D eigenvalue weighted by molar-refractivity contribution is 7.99. The van der Waals surface area contributed by atoms with Gasteiger partial charge in [-0.3, -0.25) is 0 Å². The van der Waals surface area contributed by atoms with Gasteiger partial charge in [0.2, 0.25) is 0 Å². The number of aliphatic hydroxyl groups excluding tert-OH is 1. The Balaban J connectivity index is 2.34. The lowest BCUT2D eigenvalue weighted by Gasteiger charge is -2.13. The minimum absolute atomic E-state index is 0.105. The van der Waals surface area contributed by atoms with Gasteiger partial charge in [-0.25, -0.2) is 0 Å². The fraction of sp³-hybridized carbons (Fsp3) is 0.200. The van der Waals surface area contributed by atoms with E-state index in [9.17, 15) is 13.2 Å². The van der Waals surface area contributed by atoms with Gasteiger partial charge in [-0.15, -0.1) is 0 Å². The number of benzene rings is 2. The molecule has 2 rings (SSSR count). The summed E-state index contributed by atoms with van der Waals surface area (Å²) >= 11 is 1.27. The zero-order chi connectivity index (χ0) is 14.8. The molecule has 2 aromatic carbocycles. The molecule has 0 aromatic heterocycles. The molecular weight excluding hydrogens is 285 g/mol. The molecule has 0 fully saturated rings.